The van der Waals surface area contributed by atoms with Crippen molar-refractivity contribution >= 4 is 23.1 Å². The molecule has 1 fully saturated rings. The third kappa shape index (κ3) is 3.85. The SMILES string of the molecule is COc1ccc(N2C(=O)C(=O)/C(=C(/O)c3cc(C)c(OC)cc3C)C2c2ccc(O)cc2)cc1. The summed E-state index contributed by atoms with van der Waals surface area (Å²) in [6.45, 7) is 3.63. The molecule has 1 aliphatic rings. The van der Waals surface area contributed by atoms with Gasteiger partial charge in [-0.05, 0) is 79.1 Å². The van der Waals surface area contributed by atoms with Crippen LogP contribution in [0.15, 0.2) is 66.2 Å². The molecular formula is C27H25NO6. The molecule has 1 heterocycles. The minimum atomic E-state index is -0.893. The highest BCUT2D eigenvalue weighted by atomic mass is 16.5. The Bertz CT molecular complexity index is 1290. The Labute approximate surface area is 197 Å². The zero-order chi connectivity index (χ0) is 24.6. The Morgan fingerprint density at radius 2 is 1.53 bits per heavy atom. The van der Waals surface area contributed by atoms with E-state index in [0.29, 0.717) is 33.9 Å². The highest BCUT2D eigenvalue weighted by molar-refractivity contribution is 6.51. The van der Waals surface area contributed by atoms with E-state index in [2.05, 4.69) is 0 Å². The van der Waals surface area contributed by atoms with Crippen molar-refractivity contribution in [1.82, 2.24) is 0 Å². The fourth-order valence-electron chi connectivity index (χ4n) is 4.22. The molecule has 0 spiro atoms. The Morgan fingerprint density at radius 1 is 0.882 bits per heavy atom. The molecule has 4 rings (SSSR count). The molecule has 174 valence electrons. The lowest BCUT2D eigenvalue weighted by Crippen LogP contribution is -2.29. The van der Waals surface area contributed by atoms with Crippen LogP contribution in [0.5, 0.6) is 17.2 Å². The molecule has 0 radical (unpaired) electrons. The maximum atomic E-state index is 13.3. The number of methoxy groups -OCH3 is 2. The molecule has 0 aromatic heterocycles. The molecule has 7 heteroatoms. The van der Waals surface area contributed by atoms with Crippen molar-refractivity contribution in [3.8, 4) is 17.2 Å². The smallest absolute Gasteiger partial charge is 0.300 e. The van der Waals surface area contributed by atoms with E-state index < -0.39 is 17.7 Å². The van der Waals surface area contributed by atoms with Crippen molar-refractivity contribution in [3.05, 3.63) is 88.5 Å². The van der Waals surface area contributed by atoms with Crippen LogP contribution in [0, 0.1) is 13.8 Å². The Kier molecular flexibility index (Phi) is 6.03. The van der Waals surface area contributed by atoms with Gasteiger partial charge in [-0.25, -0.2) is 0 Å². The number of ether oxygens (including phenoxy) is 2. The average Bonchev–Trinajstić information content (AvgIpc) is 3.10. The number of ketones is 1. The number of hydrogen-bond donors (Lipinski definition) is 2. The Hall–Kier alpha value is -4.26. The molecule has 1 aliphatic heterocycles. The van der Waals surface area contributed by atoms with Crippen molar-refractivity contribution in [3.63, 3.8) is 0 Å². The number of phenolic OH excluding ortho intramolecular Hbond substituents is 1. The zero-order valence-corrected chi connectivity index (χ0v) is 19.3. The van der Waals surface area contributed by atoms with E-state index in [9.17, 15) is 19.8 Å². The fourth-order valence-corrected chi connectivity index (χ4v) is 4.22. The lowest BCUT2D eigenvalue weighted by atomic mass is 9.93. The van der Waals surface area contributed by atoms with Crippen LogP contribution in [0.2, 0.25) is 0 Å². The van der Waals surface area contributed by atoms with Gasteiger partial charge in [-0.2, -0.15) is 0 Å². The van der Waals surface area contributed by atoms with E-state index in [-0.39, 0.29) is 17.1 Å². The van der Waals surface area contributed by atoms with E-state index in [1.165, 1.54) is 24.1 Å². The average molecular weight is 459 g/mol. The van der Waals surface area contributed by atoms with Crippen molar-refractivity contribution in [2.24, 2.45) is 0 Å². The van der Waals surface area contributed by atoms with Crippen LogP contribution in [0.25, 0.3) is 5.76 Å². The molecule has 0 aliphatic carbocycles. The maximum absolute atomic E-state index is 13.3. The van der Waals surface area contributed by atoms with Gasteiger partial charge >= 0.3 is 0 Å². The molecule has 3 aromatic rings. The highest BCUT2D eigenvalue weighted by Crippen LogP contribution is 2.43. The van der Waals surface area contributed by atoms with Crippen LogP contribution < -0.4 is 14.4 Å². The second kappa shape index (κ2) is 8.94. The third-order valence-electron chi connectivity index (χ3n) is 6.00. The first-order valence-corrected chi connectivity index (χ1v) is 10.7. The van der Waals surface area contributed by atoms with Crippen molar-refractivity contribution in [2.45, 2.75) is 19.9 Å². The number of aryl methyl sites for hydroxylation is 2. The van der Waals surface area contributed by atoms with Crippen LogP contribution >= 0.6 is 0 Å². The van der Waals surface area contributed by atoms with Crippen LogP contribution in [0.1, 0.15) is 28.3 Å². The molecule has 1 atom stereocenters. The highest BCUT2D eigenvalue weighted by Gasteiger charge is 2.47. The van der Waals surface area contributed by atoms with Gasteiger partial charge in [0.05, 0.1) is 25.8 Å². The summed E-state index contributed by atoms with van der Waals surface area (Å²) in [5, 5.41) is 21.2. The normalized spacial score (nSPS) is 17.2. The monoisotopic (exact) mass is 459 g/mol. The number of nitrogens with zero attached hydrogens (tertiary/aromatic N) is 1. The Balaban J connectivity index is 1.95. The number of aromatic hydroxyl groups is 1. The first-order valence-electron chi connectivity index (χ1n) is 10.7. The van der Waals surface area contributed by atoms with Crippen molar-refractivity contribution in [1.29, 1.82) is 0 Å². The molecule has 1 amide bonds. The summed E-state index contributed by atoms with van der Waals surface area (Å²) in [7, 11) is 3.10. The maximum Gasteiger partial charge on any atom is 0.300 e. The molecule has 2 N–H and O–H groups in total. The molecule has 1 saturated heterocycles. The number of benzene rings is 3. The van der Waals surface area contributed by atoms with E-state index >= 15 is 0 Å². The van der Waals surface area contributed by atoms with E-state index in [4.69, 9.17) is 9.47 Å². The standard InChI is InChI=1S/C27H25NO6/c1-15-14-22(34-4)16(2)13-21(15)25(30)23-24(17-5-9-19(29)10-6-17)28(27(32)26(23)31)18-7-11-20(33-3)12-8-18/h5-14,24,29-30H,1-4H3/b25-23+. The van der Waals surface area contributed by atoms with Gasteiger partial charge in [-0.3, -0.25) is 14.5 Å². The van der Waals surface area contributed by atoms with Crippen molar-refractivity contribution in [2.75, 3.05) is 19.1 Å². The van der Waals surface area contributed by atoms with Gasteiger partial charge in [0.15, 0.2) is 0 Å². The van der Waals surface area contributed by atoms with Gasteiger partial charge in [-0.1, -0.05) is 12.1 Å². The topological polar surface area (TPSA) is 96.3 Å². The molecule has 1 unspecified atom stereocenters. The number of carbonyl (C=O) groups is 2. The van der Waals surface area contributed by atoms with Gasteiger partial charge in [-0.15, -0.1) is 0 Å². The fraction of sp³-hybridized carbons (Fsp3) is 0.185. The zero-order valence-electron chi connectivity index (χ0n) is 19.3. The number of carbonyl (C=O) groups excluding carboxylic acids is 2. The summed E-state index contributed by atoms with van der Waals surface area (Å²) < 4.78 is 10.6. The number of phenols is 1. The summed E-state index contributed by atoms with van der Waals surface area (Å²) in [4.78, 5) is 27.9. The number of rotatable bonds is 5. The second-order valence-corrected chi connectivity index (χ2v) is 8.10. The Morgan fingerprint density at radius 3 is 2.12 bits per heavy atom. The van der Waals surface area contributed by atoms with Crippen molar-refractivity contribution < 1.29 is 29.3 Å². The number of aliphatic hydroxyl groups is 1. The number of aliphatic hydroxyl groups excluding tert-OH is 1. The van der Waals surface area contributed by atoms with Gasteiger partial charge < -0.3 is 19.7 Å². The van der Waals surface area contributed by atoms with Gasteiger partial charge in [0.25, 0.3) is 11.7 Å². The summed E-state index contributed by atoms with van der Waals surface area (Å²) in [5.74, 6) is -0.511. The number of hydrogen-bond acceptors (Lipinski definition) is 6. The van der Waals surface area contributed by atoms with Crippen LogP contribution in [0.4, 0.5) is 5.69 Å². The van der Waals surface area contributed by atoms with Crippen LogP contribution in [-0.4, -0.2) is 36.1 Å². The molecule has 7 nitrogen and oxygen atoms in total. The van der Waals surface area contributed by atoms with E-state index in [1.54, 1.807) is 62.6 Å². The van der Waals surface area contributed by atoms with Gasteiger partial charge in [0, 0.05) is 11.3 Å². The number of amides is 1. The van der Waals surface area contributed by atoms with Gasteiger partial charge in [0.2, 0.25) is 0 Å². The van der Waals surface area contributed by atoms with Crippen LogP contribution in [-0.2, 0) is 9.59 Å². The predicted molar refractivity (Wildman–Crippen MR) is 128 cm³/mol. The molecular weight excluding hydrogens is 434 g/mol. The summed E-state index contributed by atoms with van der Waals surface area (Å²) >= 11 is 0. The molecule has 0 saturated carbocycles. The molecule has 34 heavy (non-hydrogen) atoms. The number of anilines is 1. The lowest BCUT2D eigenvalue weighted by Gasteiger charge is -2.26. The van der Waals surface area contributed by atoms with E-state index in [1.807, 2.05) is 6.92 Å². The quantitative estimate of drug-likeness (QED) is 0.328. The summed E-state index contributed by atoms with van der Waals surface area (Å²) in [5.41, 5.74) is 2.93. The third-order valence-corrected chi connectivity index (χ3v) is 6.00. The largest absolute Gasteiger partial charge is 0.508 e. The predicted octanol–water partition coefficient (Wildman–Crippen LogP) is 4.65. The minimum absolute atomic E-state index is 0.0285. The summed E-state index contributed by atoms with van der Waals surface area (Å²) in [6.07, 6.45) is 0. The van der Waals surface area contributed by atoms with E-state index in [0.717, 1.165) is 5.56 Å². The van der Waals surface area contributed by atoms with Gasteiger partial charge in [0.1, 0.15) is 23.0 Å². The minimum Gasteiger partial charge on any atom is -0.508 e. The van der Waals surface area contributed by atoms with Crippen LogP contribution in [0.3, 0.4) is 0 Å². The number of Topliss-reactive ketones (excluding diaryl/α,β-unsaturated/α-hetero) is 1. The first-order chi connectivity index (χ1) is 16.3. The molecule has 0 bridgehead atoms. The lowest BCUT2D eigenvalue weighted by molar-refractivity contribution is -0.132. The second-order valence-electron chi connectivity index (χ2n) is 8.10. The molecule has 3 aromatic carbocycles. The summed E-state index contributed by atoms with van der Waals surface area (Å²) in [6, 6.07) is 15.6. The first kappa shape index (κ1) is 22.9.